The third-order valence-electron chi connectivity index (χ3n) is 7.47. The van der Waals surface area contributed by atoms with Crippen LogP contribution in [-0.2, 0) is 4.74 Å². The molecule has 2 N–H and O–H groups in total. The number of fused-ring (bicyclic) bond motifs is 3. The largest absolute Gasteiger partial charge is 0.485 e. The third kappa shape index (κ3) is 4.85. The number of piperazine rings is 1. The van der Waals surface area contributed by atoms with Crippen molar-refractivity contribution in [2.24, 2.45) is 15.8 Å². The van der Waals surface area contributed by atoms with Gasteiger partial charge < -0.3 is 18.8 Å². The second-order valence-electron chi connectivity index (χ2n) is 9.88. The molecule has 4 aliphatic rings. The van der Waals surface area contributed by atoms with Crippen molar-refractivity contribution >= 4 is 29.6 Å². The molecule has 1 aromatic carbocycles. The van der Waals surface area contributed by atoms with Gasteiger partial charge in [-0.2, -0.15) is 0 Å². The van der Waals surface area contributed by atoms with Crippen LogP contribution in [0.3, 0.4) is 0 Å². The fourth-order valence-electron chi connectivity index (χ4n) is 5.34. The number of methoxy groups -OCH3 is 1. The fraction of sp³-hybridized carbons (Fsp3) is 0.423. The zero-order chi connectivity index (χ0) is 28.7. The Balaban J connectivity index is 1.09. The molecule has 0 aliphatic carbocycles. The highest BCUT2D eigenvalue weighted by Gasteiger charge is 2.51. The molecule has 0 saturated carbocycles. The summed E-state index contributed by atoms with van der Waals surface area (Å²) in [5, 5.41) is 4.62. The van der Waals surface area contributed by atoms with E-state index in [1.807, 2.05) is 4.90 Å². The number of ether oxygens (including phenoxy) is 2. The van der Waals surface area contributed by atoms with Crippen LogP contribution in [0.5, 0.6) is 5.75 Å². The van der Waals surface area contributed by atoms with Crippen molar-refractivity contribution in [3.05, 3.63) is 53.6 Å². The Morgan fingerprint density at radius 2 is 1.88 bits per heavy atom. The van der Waals surface area contributed by atoms with Gasteiger partial charge in [0.05, 0.1) is 12.9 Å². The third-order valence-corrected chi connectivity index (χ3v) is 7.47. The first-order valence-corrected chi connectivity index (χ1v) is 13.2. The van der Waals surface area contributed by atoms with Crippen LogP contribution >= 0.6 is 0 Å². The average Bonchev–Trinajstić information content (AvgIpc) is 3.69. The van der Waals surface area contributed by atoms with Crippen molar-refractivity contribution in [1.29, 1.82) is 0 Å². The van der Waals surface area contributed by atoms with Gasteiger partial charge in [0.15, 0.2) is 29.0 Å². The lowest BCUT2D eigenvalue weighted by Crippen LogP contribution is -2.49. The molecule has 1 aromatic heterocycles. The van der Waals surface area contributed by atoms with Gasteiger partial charge >= 0.3 is 6.03 Å². The van der Waals surface area contributed by atoms with Gasteiger partial charge in [-0.05, 0) is 12.1 Å². The summed E-state index contributed by atoms with van der Waals surface area (Å²) in [5.74, 6) is 5.28. The molecule has 41 heavy (non-hydrogen) atoms. The van der Waals surface area contributed by atoms with Gasteiger partial charge in [-0.25, -0.2) is 44.4 Å². The highest BCUT2D eigenvalue weighted by Crippen LogP contribution is 2.38. The lowest BCUT2D eigenvalue weighted by Gasteiger charge is -2.36. The monoisotopic (exact) mass is 571 g/mol. The van der Waals surface area contributed by atoms with E-state index in [1.54, 1.807) is 35.4 Å². The van der Waals surface area contributed by atoms with E-state index in [9.17, 15) is 13.6 Å². The summed E-state index contributed by atoms with van der Waals surface area (Å²) in [6, 6.07) is 5.95. The van der Waals surface area contributed by atoms with Crippen LogP contribution in [0.15, 0.2) is 50.6 Å². The molecule has 13 nitrogen and oxygen atoms in total. The summed E-state index contributed by atoms with van der Waals surface area (Å²) < 4.78 is 44.7. The Morgan fingerprint density at radius 3 is 2.56 bits per heavy atom. The van der Waals surface area contributed by atoms with Crippen LogP contribution in [0.25, 0.3) is 5.70 Å². The number of anilines is 1. The highest BCUT2D eigenvalue weighted by atomic mass is 19.1. The lowest BCUT2D eigenvalue weighted by molar-refractivity contribution is 0.0841. The lowest BCUT2D eigenvalue weighted by atomic mass is 10.2. The molecule has 4 aliphatic heterocycles. The summed E-state index contributed by atoms with van der Waals surface area (Å²) in [5.41, 5.74) is 1.60. The van der Waals surface area contributed by atoms with Crippen LogP contribution in [-0.4, -0.2) is 116 Å². The molecule has 0 spiro atoms. The Bertz CT molecular complexity index is 1370. The molecule has 218 valence electrons. The van der Waals surface area contributed by atoms with Gasteiger partial charge in [0.2, 0.25) is 6.29 Å². The minimum Gasteiger partial charge on any atom is -0.485 e. The fourth-order valence-corrected chi connectivity index (χ4v) is 5.34. The molecule has 2 amide bonds. The Hall–Kier alpha value is -4.21. The van der Waals surface area contributed by atoms with Gasteiger partial charge in [0.1, 0.15) is 24.3 Å². The number of hydrazine groups is 2. The zero-order valence-electron chi connectivity index (χ0n) is 22.7. The van der Waals surface area contributed by atoms with Crippen molar-refractivity contribution < 1.29 is 27.5 Å². The number of nitrogens with zero attached hydrogens (tertiary/aromatic N) is 8. The second kappa shape index (κ2) is 11.0. The standard InChI is InChI=1S/C26H31F2N9O4/c1-32-26(38)35(25-31-24-22(37(25)32)21(30-16-36(24)29)20-4-3-11-40-20)10-7-33-5-8-34(9-6-33)17-14-18(27)23(19(28)15-17)41-13-12-39-2/h3-4,11,14-16,25H,5-10,12-13,29H2,1-2H3. The van der Waals surface area contributed by atoms with Crippen LogP contribution < -0.4 is 15.5 Å². The SMILES string of the molecule is COCCOc1c(F)cc(N2CCN(CCN3C(=O)N(C)N4C5=C(c6ccco6)N=CN(N)C5=NC34)CC2)cc1F. The Labute approximate surface area is 235 Å². The number of hydrogen-bond acceptors (Lipinski definition) is 11. The molecule has 0 radical (unpaired) electrons. The number of hydrogen-bond donors (Lipinski definition) is 1. The van der Waals surface area contributed by atoms with Gasteiger partial charge in [0, 0.05) is 71.2 Å². The first-order valence-electron chi connectivity index (χ1n) is 13.2. The van der Waals surface area contributed by atoms with Crippen molar-refractivity contribution in [3.8, 4) is 5.75 Å². The number of aliphatic imine (C=N–C) groups is 2. The summed E-state index contributed by atoms with van der Waals surface area (Å²) >= 11 is 0. The van der Waals surface area contributed by atoms with E-state index in [2.05, 4.69) is 9.89 Å². The molecule has 0 bridgehead atoms. The normalized spacial score (nSPS) is 20.8. The number of furan rings is 1. The predicted octanol–water partition coefficient (Wildman–Crippen LogP) is 1.57. The molecule has 1 unspecified atom stereocenters. The van der Waals surface area contributed by atoms with Gasteiger partial charge in [-0.1, -0.05) is 0 Å². The maximum absolute atomic E-state index is 14.6. The van der Waals surface area contributed by atoms with Gasteiger partial charge in [-0.15, -0.1) is 0 Å². The smallest absolute Gasteiger partial charge is 0.341 e. The number of carbonyl (C=O) groups excluding carboxylic acids is 1. The van der Waals surface area contributed by atoms with E-state index in [1.165, 1.54) is 35.6 Å². The summed E-state index contributed by atoms with van der Waals surface area (Å²) in [6.07, 6.45) is 2.42. The molecule has 2 saturated heterocycles. The minimum absolute atomic E-state index is 0.0594. The van der Waals surface area contributed by atoms with Crippen LogP contribution in [0.2, 0.25) is 0 Å². The number of halogens is 2. The number of nitrogens with two attached hydrogens (primary N) is 1. The van der Waals surface area contributed by atoms with Crippen LogP contribution in [0, 0.1) is 11.6 Å². The van der Waals surface area contributed by atoms with Crippen molar-refractivity contribution in [2.45, 2.75) is 6.29 Å². The van der Waals surface area contributed by atoms with Crippen molar-refractivity contribution in [1.82, 2.24) is 24.8 Å². The number of urea groups is 1. The highest BCUT2D eigenvalue weighted by molar-refractivity contribution is 6.12. The molecule has 2 fully saturated rings. The van der Waals surface area contributed by atoms with E-state index in [-0.39, 0.29) is 19.2 Å². The number of amides is 2. The van der Waals surface area contributed by atoms with Crippen molar-refractivity contribution in [3.63, 3.8) is 0 Å². The molecular formula is C26H31F2N9O4. The summed E-state index contributed by atoms with van der Waals surface area (Å²) in [7, 11) is 3.17. The minimum atomic E-state index is -0.745. The quantitative estimate of drug-likeness (QED) is 0.354. The Kier molecular flexibility index (Phi) is 7.23. The van der Waals surface area contributed by atoms with Crippen LogP contribution in [0.4, 0.5) is 19.3 Å². The number of benzene rings is 1. The number of amidine groups is 1. The molecule has 1 atom stereocenters. The van der Waals surface area contributed by atoms with Gasteiger partial charge in [0.25, 0.3) is 0 Å². The summed E-state index contributed by atoms with van der Waals surface area (Å²) in [6.45, 7) is 3.79. The van der Waals surface area contributed by atoms with E-state index < -0.39 is 23.7 Å². The average molecular weight is 572 g/mol. The van der Waals surface area contributed by atoms with E-state index in [0.29, 0.717) is 67.9 Å². The topological polar surface area (TPSA) is 119 Å². The maximum atomic E-state index is 14.6. The first kappa shape index (κ1) is 27.0. The summed E-state index contributed by atoms with van der Waals surface area (Å²) in [4.78, 5) is 28.3. The predicted molar refractivity (Wildman–Crippen MR) is 145 cm³/mol. The Morgan fingerprint density at radius 1 is 1.12 bits per heavy atom. The maximum Gasteiger partial charge on any atom is 0.341 e. The second-order valence-corrected chi connectivity index (χ2v) is 9.88. The molecular weight excluding hydrogens is 540 g/mol. The molecule has 6 rings (SSSR count). The van der Waals surface area contributed by atoms with Crippen LogP contribution in [0.1, 0.15) is 5.76 Å². The molecule has 2 aromatic rings. The van der Waals surface area contributed by atoms with Crippen molar-refractivity contribution in [2.75, 3.05) is 71.5 Å². The first-order chi connectivity index (χ1) is 19.9. The molecule has 5 heterocycles. The zero-order valence-corrected chi connectivity index (χ0v) is 22.7. The number of rotatable bonds is 9. The number of carbonyl (C=O) groups is 1. The van der Waals surface area contributed by atoms with Gasteiger partial charge in [-0.3, -0.25) is 9.80 Å². The van der Waals surface area contributed by atoms with E-state index in [4.69, 9.17) is 24.7 Å². The van der Waals surface area contributed by atoms with E-state index in [0.717, 1.165) is 0 Å². The molecule has 15 heteroatoms. The van der Waals surface area contributed by atoms with E-state index >= 15 is 0 Å².